The van der Waals surface area contributed by atoms with Gasteiger partial charge in [-0.3, -0.25) is 24.1 Å². The number of aliphatic hydroxyl groups is 3. The summed E-state index contributed by atoms with van der Waals surface area (Å²) in [4.78, 5) is 70.3. The van der Waals surface area contributed by atoms with Crippen LogP contribution in [0, 0.1) is 11.8 Å². The maximum atomic E-state index is 14.3. The minimum Gasteiger partial charge on any atom is -0.510 e. The summed E-state index contributed by atoms with van der Waals surface area (Å²) in [5, 5.41) is 51.4. The maximum Gasteiger partial charge on any atom is 0.407 e. The number of hydrogen-bond donors (Lipinski definition) is 7. The SMILES string of the molecule is COC(=O)N[C@@H]1[C@H]2[C@H](N(C)C)C(O)=C(C(N)=O)C(=O)[C@@]2(O)C(O)=C2C(=O)c3c(O)c(NC(=O)CN(C)C)cc(N(C)C)c3C[C@H]21. The quantitative estimate of drug-likeness (QED) is 0.142. The Morgan fingerprint density at radius 3 is 2.22 bits per heavy atom. The van der Waals surface area contributed by atoms with Gasteiger partial charge < -0.3 is 51.3 Å². The number of benzene rings is 1. The van der Waals surface area contributed by atoms with Crippen LogP contribution >= 0.6 is 0 Å². The first-order valence-electron chi connectivity index (χ1n) is 13.9. The number of fused-ring (bicyclic) bond motifs is 3. The fraction of sp³-hybridized carbons (Fsp3) is 0.483. The zero-order chi connectivity index (χ0) is 33.9. The molecule has 1 aromatic rings. The van der Waals surface area contributed by atoms with Crippen LogP contribution in [-0.2, 0) is 25.5 Å². The maximum absolute atomic E-state index is 14.3. The number of carbonyl (C=O) groups excluding carboxylic acids is 5. The third-order valence-corrected chi connectivity index (χ3v) is 8.51. The van der Waals surface area contributed by atoms with E-state index < -0.39 is 87.4 Å². The molecule has 0 radical (unpaired) electrons. The highest BCUT2D eigenvalue weighted by atomic mass is 16.5. The number of methoxy groups -OCH3 is 1. The van der Waals surface area contributed by atoms with Crippen molar-refractivity contribution >= 4 is 40.8 Å². The average Bonchev–Trinajstić information content (AvgIpc) is 2.92. The molecule has 0 aromatic heterocycles. The second-order valence-electron chi connectivity index (χ2n) is 12.0. The number of phenols is 1. The summed E-state index contributed by atoms with van der Waals surface area (Å²) < 4.78 is 4.80. The van der Waals surface area contributed by atoms with Gasteiger partial charge in [-0.25, -0.2) is 4.79 Å². The Labute approximate surface area is 258 Å². The van der Waals surface area contributed by atoms with Crippen LogP contribution in [0.4, 0.5) is 16.2 Å². The lowest BCUT2D eigenvalue weighted by Crippen LogP contribution is -2.71. The first-order valence-corrected chi connectivity index (χ1v) is 13.9. The van der Waals surface area contributed by atoms with E-state index in [1.165, 1.54) is 25.1 Å². The molecule has 0 fully saturated rings. The number of nitrogens with two attached hydrogens (primary N) is 1. The number of ether oxygens (including phenoxy) is 1. The molecule has 244 valence electrons. The van der Waals surface area contributed by atoms with Crippen molar-refractivity contribution in [1.29, 1.82) is 0 Å². The molecule has 16 nitrogen and oxygen atoms in total. The molecule has 0 saturated carbocycles. The van der Waals surface area contributed by atoms with Crippen molar-refractivity contribution in [3.8, 4) is 5.75 Å². The minimum atomic E-state index is -3.03. The number of phenolic OH excluding ortho intramolecular Hbond substituents is 1. The molecule has 1 aromatic carbocycles. The second-order valence-corrected chi connectivity index (χ2v) is 12.0. The largest absolute Gasteiger partial charge is 0.510 e. The molecule has 16 heteroatoms. The minimum absolute atomic E-state index is 0.0389. The van der Waals surface area contributed by atoms with Gasteiger partial charge in [0.1, 0.15) is 17.1 Å². The van der Waals surface area contributed by atoms with E-state index >= 15 is 0 Å². The fourth-order valence-corrected chi connectivity index (χ4v) is 6.71. The normalized spacial score (nSPS) is 25.9. The zero-order valence-corrected chi connectivity index (χ0v) is 26.0. The molecule has 0 heterocycles. The number of ketones is 2. The number of likely N-dealkylation sites (N-methyl/N-ethyl adjacent to an activating group) is 2. The Morgan fingerprint density at radius 1 is 1.09 bits per heavy atom. The predicted octanol–water partition coefficient (Wildman–Crippen LogP) is -0.979. The Hall–Kier alpha value is -4.67. The van der Waals surface area contributed by atoms with Gasteiger partial charge in [0.15, 0.2) is 17.1 Å². The van der Waals surface area contributed by atoms with Crippen molar-refractivity contribution < 1.29 is 49.1 Å². The van der Waals surface area contributed by atoms with Crippen molar-refractivity contribution in [3.63, 3.8) is 0 Å². The van der Waals surface area contributed by atoms with E-state index in [1.807, 2.05) is 0 Å². The number of anilines is 2. The van der Waals surface area contributed by atoms with Crippen LogP contribution in [0.15, 0.2) is 28.7 Å². The molecule has 0 spiro atoms. The van der Waals surface area contributed by atoms with Crippen LogP contribution in [0.2, 0.25) is 0 Å². The Morgan fingerprint density at radius 2 is 1.71 bits per heavy atom. The van der Waals surface area contributed by atoms with Crippen LogP contribution in [0.5, 0.6) is 5.75 Å². The summed E-state index contributed by atoms with van der Waals surface area (Å²) in [5.41, 5.74) is 1.17. The van der Waals surface area contributed by atoms with Crippen molar-refractivity contribution in [1.82, 2.24) is 15.1 Å². The number of Topliss-reactive ketones (excluding diaryl/α,β-unsaturated/α-hetero) is 2. The molecule has 0 unspecified atom stereocenters. The molecule has 3 amide bonds. The molecule has 0 bridgehead atoms. The fourth-order valence-electron chi connectivity index (χ4n) is 6.71. The number of primary amides is 1. The van der Waals surface area contributed by atoms with Crippen molar-refractivity contribution in [2.45, 2.75) is 24.1 Å². The number of nitrogens with one attached hydrogen (secondary N) is 2. The molecular weight excluding hydrogens is 592 g/mol. The molecule has 0 aliphatic heterocycles. The van der Waals surface area contributed by atoms with E-state index in [4.69, 9.17) is 10.5 Å². The van der Waals surface area contributed by atoms with Crippen LogP contribution in [0.25, 0.3) is 0 Å². The molecule has 3 aliphatic carbocycles. The third-order valence-electron chi connectivity index (χ3n) is 8.51. The zero-order valence-electron chi connectivity index (χ0n) is 26.0. The number of aromatic hydroxyl groups is 1. The molecule has 8 N–H and O–H groups in total. The van der Waals surface area contributed by atoms with Crippen molar-refractivity contribution in [2.75, 3.05) is 66.2 Å². The molecule has 0 saturated heterocycles. The number of aliphatic hydroxyl groups excluding tert-OH is 2. The summed E-state index contributed by atoms with van der Waals surface area (Å²) in [7, 11) is 10.7. The highest BCUT2D eigenvalue weighted by Crippen LogP contribution is 2.54. The van der Waals surface area contributed by atoms with Crippen LogP contribution in [0.3, 0.4) is 0 Å². The number of carbonyl (C=O) groups is 5. The summed E-state index contributed by atoms with van der Waals surface area (Å²) >= 11 is 0. The highest BCUT2D eigenvalue weighted by Gasteiger charge is 2.67. The summed E-state index contributed by atoms with van der Waals surface area (Å²) in [6, 6.07) is -1.25. The van der Waals surface area contributed by atoms with E-state index in [1.54, 1.807) is 38.0 Å². The van der Waals surface area contributed by atoms with Gasteiger partial charge in [0, 0.05) is 43.2 Å². The summed E-state index contributed by atoms with van der Waals surface area (Å²) in [6.07, 6.45) is -1.14. The lowest BCUT2D eigenvalue weighted by atomic mass is 9.56. The lowest BCUT2D eigenvalue weighted by Gasteiger charge is -2.54. The Kier molecular flexibility index (Phi) is 8.63. The van der Waals surface area contributed by atoms with E-state index in [2.05, 4.69) is 10.6 Å². The van der Waals surface area contributed by atoms with Gasteiger partial charge in [-0.05, 0) is 46.2 Å². The molecular formula is C29H38N6O10. The molecule has 45 heavy (non-hydrogen) atoms. The van der Waals surface area contributed by atoms with Gasteiger partial charge in [-0.2, -0.15) is 0 Å². The average molecular weight is 631 g/mol. The van der Waals surface area contributed by atoms with Gasteiger partial charge in [-0.15, -0.1) is 0 Å². The van der Waals surface area contributed by atoms with Gasteiger partial charge in [0.2, 0.25) is 11.7 Å². The number of alkyl carbamates (subject to hydrolysis) is 1. The van der Waals surface area contributed by atoms with Gasteiger partial charge in [0.05, 0.1) is 30.9 Å². The summed E-state index contributed by atoms with van der Waals surface area (Å²) in [6.45, 7) is -0.0389. The van der Waals surface area contributed by atoms with Gasteiger partial charge in [-0.1, -0.05) is 0 Å². The number of nitrogens with zero attached hydrogens (tertiary/aromatic N) is 3. The smallest absolute Gasteiger partial charge is 0.407 e. The van der Waals surface area contributed by atoms with E-state index in [0.717, 1.165) is 7.11 Å². The van der Waals surface area contributed by atoms with Crippen molar-refractivity contribution in [3.05, 3.63) is 39.9 Å². The van der Waals surface area contributed by atoms with Crippen molar-refractivity contribution in [2.24, 2.45) is 17.6 Å². The summed E-state index contributed by atoms with van der Waals surface area (Å²) in [5.74, 6) is -9.58. The third kappa shape index (κ3) is 5.13. The first-order chi connectivity index (χ1) is 20.9. The molecule has 4 rings (SSSR count). The van der Waals surface area contributed by atoms with E-state index in [0.29, 0.717) is 5.69 Å². The Bertz CT molecular complexity index is 1560. The van der Waals surface area contributed by atoms with Crippen LogP contribution < -0.4 is 21.3 Å². The second kappa shape index (κ2) is 11.7. The first kappa shape index (κ1) is 33.2. The van der Waals surface area contributed by atoms with E-state index in [9.17, 15) is 44.4 Å². The molecule has 5 atom stereocenters. The van der Waals surface area contributed by atoms with Gasteiger partial charge in [0.25, 0.3) is 5.91 Å². The number of amides is 3. The van der Waals surface area contributed by atoms with E-state index in [-0.39, 0.29) is 29.8 Å². The standard InChI is InChI=1S/C29H38N6O10/c1-33(2)10-15(36)31-13-9-14(34(3)4)11-8-12-17(23(38)16(11)22(13)37)25(40)29(44)19(20(12)32-28(43)45-7)21(35(5)6)24(39)18(26(29)41)27(30)42/h9,12,19-21,37,39-40,44H,8,10H2,1-7H3,(H2,30,42)(H,31,36)(H,32,43)/t12-,19+,20+,21+,29+/m1/s1. The van der Waals surface area contributed by atoms with Crippen LogP contribution in [0.1, 0.15) is 15.9 Å². The predicted molar refractivity (Wildman–Crippen MR) is 160 cm³/mol. The topological polar surface area (TPSA) is 235 Å². The van der Waals surface area contributed by atoms with Crippen LogP contribution in [-0.4, -0.2) is 133 Å². The number of rotatable bonds is 7. The Balaban J connectivity index is 2.05. The molecule has 3 aliphatic rings. The van der Waals surface area contributed by atoms with Gasteiger partial charge >= 0.3 is 6.09 Å². The number of hydrogen-bond acceptors (Lipinski definition) is 13. The lowest BCUT2D eigenvalue weighted by molar-refractivity contribution is -0.151. The monoisotopic (exact) mass is 630 g/mol. The highest BCUT2D eigenvalue weighted by molar-refractivity contribution is 6.25.